The summed E-state index contributed by atoms with van der Waals surface area (Å²) < 4.78 is 13.9. The predicted octanol–water partition coefficient (Wildman–Crippen LogP) is 4.28. The number of hydrogen-bond acceptors (Lipinski definition) is 7. The highest BCUT2D eigenvalue weighted by Gasteiger charge is 2.13. The summed E-state index contributed by atoms with van der Waals surface area (Å²) in [7, 11) is 3.45. The number of benzene rings is 2. The molecular formula is C22H24BrN5O3S. The smallest absolute Gasteiger partial charge is 0.250 e. The maximum atomic E-state index is 12.2. The number of nitrogens with one attached hydrogen (secondary N) is 1. The van der Waals surface area contributed by atoms with E-state index in [-0.39, 0.29) is 17.8 Å². The molecule has 1 N–H and O–H groups in total. The highest BCUT2D eigenvalue weighted by molar-refractivity contribution is 9.10. The van der Waals surface area contributed by atoms with Crippen LogP contribution >= 0.6 is 27.7 Å². The number of hydrogen-bond donors (Lipinski definition) is 1. The number of carbonyl (C=O) groups is 1. The molecule has 0 aliphatic heterocycles. The second kappa shape index (κ2) is 11.1. The number of hydrazone groups is 1. The summed E-state index contributed by atoms with van der Waals surface area (Å²) in [5.74, 6) is 1.90. The van der Waals surface area contributed by atoms with Crippen LogP contribution in [-0.2, 0) is 11.8 Å². The highest BCUT2D eigenvalue weighted by atomic mass is 79.9. The molecule has 3 aromatic rings. The fraction of sp³-hybridized carbons (Fsp3) is 0.273. The highest BCUT2D eigenvalue weighted by Crippen LogP contribution is 2.28. The van der Waals surface area contributed by atoms with Crippen LogP contribution in [0.3, 0.4) is 0 Å². The molecule has 0 fully saturated rings. The Labute approximate surface area is 199 Å². The van der Waals surface area contributed by atoms with Gasteiger partial charge in [-0.15, -0.1) is 10.2 Å². The third-order valence-corrected chi connectivity index (χ3v) is 5.72. The van der Waals surface area contributed by atoms with Gasteiger partial charge in [-0.1, -0.05) is 39.8 Å². The van der Waals surface area contributed by atoms with Crippen molar-refractivity contribution in [2.75, 3.05) is 12.9 Å². The van der Waals surface area contributed by atoms with E-state index in [4.69, 9.17) is 9.47 Å². The average molecular weight is 518 g/mol. The van der Waals surface area contributed by atoms with E-state index in [1.54, 1.807) is 19.4 Å². The lowest BCUT2D eigenvalue weighted by Gasteiger charge is -2.13. The SMILES string of the molecule is COc1cc(C=NNC(=O)CSc2nnc(-c3cccc(Br)c3)n2C)ccc1OC(C)C. The molecule has 0 bridgehead atoms. The van der Waals surface area contributed by atoms with Gasteiger partial charge in [0, 0.05) is 17.1 Å². The zero-order chi connectivity index (χ0) is 23.1. The number of thioether (sulfide) groups is 1. The standard InChI is InChI=1S/C22H24BrN5O3S/c1-14(2)31-18-9-8-15(10-19(18)30-4)12-24-25-20(29)13-32-22-27-26-21(28(22)3)16-6-5-7-17(23)11-16/h5-12,14H,13H2,1-4H3,(H,25,29). The molecule has 0 saturated carbocycles. The van der Waals surface area contributed by atoms with Gasteiger partial charge in [0.1, 0.15) is 0 Å². The first kappa shape index (κ1) is 23.8. The van der Waals surface area contributed by atoms with Gasteiger partial charge in [-0.25, -0.2) is 5.43 Å². The quantitative estimate of drug-likeness (QED) is 0.258. The molecule has 10 heteroatoms. The van der Waals surface area contributed by atoms with E-state index < -0.39 is 0 Å². The van der Waals surface area contributed by atoms with Gasteiger partial charge in [0.25, 0.3) is 5.91 Å². The lowest BCUT2D eigenvalue weighted by Crippen LogP contribution is -2.19. The molecule has 0 saturated heterocycles. The minimum absolute atomic E-state index is 0.0415. The molecule has 1 heterocycles. The summed E-state index contributed by atoms with van der Waals surface area (Å²) in [6.45, 7) is 3.90. The largest absolute Gasteiger partial charge is 0.493 e. The van der Waals surface area contributed by atoms with Crippen LogP contribution in [0.25, 0.3) is 11.4 Å². The van der Waals surface area contributed by atoms with Crippen LogP contribution in [0.4, 0.5) is 0 Å². The number of carbonyl (C=O) groups excluding carboxylic acids is 1. The molecule has 0 aliphatic carbocycles. The lowest BCUT2D eigenvalue weighted by molar-refractivity contribution is -0.118. The minimum atomic E-state index is -0.245. The van der Waals surface area contributed by atoms with E-state index in [1.165, 1.54) is 11.8 Å². The van der Waals surface area contributed by atoms with Crippen LogP contribution in [0, 0.1) is 0 Å². The Kier molecular flexibility index (Phi) is 8.29. The van der Waals surface area contributed by atoms with Crippen molar-refractivity contribution in [2.24, 2.45) is 12.1 Å². The summed E-state index contributed by atoms with van der Waals surface area (Å²) >= 11 is 4.75. The monoisotopic (exact) mass is 517 g/mol. The number of halogens is 1. The molecule has 168 valence electrons. The number of amides is 1. The van der Waals surface area contributed by atoms with E-state index in [0.29, 0.717) is 16.7 Å². The van der Waals surface area contributed by atoms with Crippen LogP contribution in [0.5, 0.6) is 11.5 Å². The van der Waals surface area contributed by atoms with Gasteiger partial charge in [-0.2, -0.15) is 5.10 Å². The molecule has 1 aromatic heterocycles. The second-order valence-corrected chi connectivity index (χ2v) is 8.89. The number of rotatable bonds is 9. The zero-order valence-corrected chi connectivity index (χ0v) is 20.6. The number of ether oxygens (including phenoxy) is 2. The predicted molar refractivity (Wildman–Crippen MR) is 129 cm³/mol. The van der Waals surface area contributed by atoms with Crippen LogP contribution in [0.1, 0.15) is 19.4 Å². The summed E-state index contributed by atoms with van der Waals surface area (Å²) in [6.07, 6.45) is 1.59. The molecule has 0 radical (unpaired) electrons. The topological polar surface area (TPSA) is 90.6 Å². The first-order chi connectivity index (χ1) is 15.4. The van der Waals surface area contributed by atoms with E-state index in [0.717, 1.165) is 21.4 Å². The molecule has 0 spiro atoms. The van der Waals surface area contributed by atoms with Crippen molar-refractivity contribution in [1.82, 2.24) is 20.2 Å². The van der Waals surface area contributed by atoms with E-state index in [1.807, 2.05) is 61.9 Å². The maximum absolute atomic E-state index is 12.2. The normalized spacial score (nSPS) is 11.2. The van der Waals surface area contributed by atoms with E-state index in [9.17, 15) is 4.79 Å². The molecule has 3 rings (SSSR count). The maximum Gasteiger partial charge on any atom is 0.250 e. The number of aromatic nitrogens is 3. The Hall–Kier alpha value is -2.85. The molecule has 32 heavy (non-hydrogen) atoms. The lowest BCUT2D eigenvalue weighted by atomic mass is 10.2. The van der Waals surface area contributed by atoms with Crippen molar-refractivity contribution in [3.8, 4) is 22.9 Å². The van der Waals surface area contributed by atoms with E-state index >= 15 is 0 Å². The van der Waals surface area contributed by atoms with Gasteiger partial charge in [0.2, 0.25) is 0 Å². The molecule has 0 aliphatic rings. The Morgan fingerprint density at radius 3 is 2.78 bits per heavy atom. The summed E-state index contributed by atoms with van der Waals surface area (Å²) in [6, 6.07) is 13.3. The van der Waals surface area contributed by atoms with E-state index in [2.05, 4.69) is 36.7 Å². The molecule has 0 unspecified atom stereocenters. The number of methoxy groups -OCH3 is 1. The fourth-order valence-corrected chi connectivity index (χ4v) is 3.88. The van der Waals surface area contributed by atoms with Gasteiger partial charge in [-0.05, 0) is 49.7 Å². The van der Waals surface area contributed by atoms with Gasteiger partial charge in [0.15, 0.2) is 22.5 Å². The molecule has 8 nitrogen and oxygen atoms in total. The summed E-state index contributed by atoms with van der Waals surface area (Å²) in [5, 5.41) is 13.1. The van der Waals surface area contributed by atoms with Crippen LogP contribution in [0.2, 0.25) is 0 Å². The first-order valence-electron chi connectivity index (χ1n) is 9.82. The third-order valence-electron chi connectivity index (χ3n) is 4.20. The van der Waals surface area contributed by atoms with Crippen molar-refractivity contribution < 1.29 is 14.3 Å². The van der Waals surface area contributed by atoms with Crippen LogP contribution < -0.4 is 14.9 Å². The van der Waals surface area contributed by atoms with Crippen molar-refractivity contribution in [3.05, 3.63) is 52.5 Å². The Morgan fingerprint density at radius 1 is 1.25 bits per heavy atom. The number of nitrogens with zero attached hydrogens (tertiary/aromatic N) is 4. The zero-order valence-electron chi connectivity index (χ0n) is 18.2. The summed E-state index contributed by atoms with van der Waals surface area (Å²) in [5.41, 5.74) is 4.24. The van der Waals surface area contributed by atoms with Gasteiger partial charge in [0.05, 0.1) is 25.2 Å². The second-order valence-electron chi connectivity index (χ2n) is 7.03. The Morgan fingerprint density at radius 2 is 2.06 bits per heavy atom. The van der Waals surface area contributed by atoms with Gasteiger partial charge in [-0.3, -0.25) is 4.79 Å². The van der Waals surface area contributed by atoms with Crippen LogP contribution in [0.15, 0.2) is 57.2 Å². The average Bonchev–Trinajstić information content (AvgIpc) is 3.13. The molecule has 1 amide bonds. The van der Waals surface area contributed by atoms with Crippen molar-refractivity contribution >= 4 is 39.8 Å². The first-order valence-corrected chi connectivity index (χ1v) is 11.6. The Balaban J connectivity index is 1.55. The van der Waals surface area contributed by atoms with Crippen molar-refractivity contribution in [2.45, 2.75) is 25.1 Å². The Bertz CT molecular complexity index is 1120. The minimum Gasteiger partial charge on any atom is -0.493 e. The fourth-order valence-electron chi connectivity index (χ4n) is 2.78. The molecular weight excluding hydrogens is 494 g/mol. The summed E-state index contributed by atoms with van der Waals surface area (Å²) in [4.78, 5) is 12.2. The molecule has 0 atom stereocenters. The van der Waals surface area contributed by atoms with Crippen LogP contribution in [-0.4, -0.2) is 45.9 Å². The third kappa shape index (κ3) is 6.33. The van der Waals surface area contributed by atoms with Crippen molar-refractivity contribution in [3.63, 3.8) is 0 Å². The molecule has 2 aromatic carbocycles. The van der Waals surface area contributed by atoms with Crippen molar-refractivity contribution in [1.29, 1.82) is 0 Å². The van der Waals surface area contributed by atoms with Gasteiger partial charge < -0.3 is 14.0 Å². The van der Waals surface area contributed by atoms with Gasteiger partial charge >= 0.3 is 0 Å².